The van der Waals surface area contributed by atoms with Crippen molar-refractivity contribution in [3.05, 3.63) is 33.1 Å². The highest BCUT2D eigenvalue weighted by atomic mass is 31.1. The summed E-state index contributed by atoms with van der Waals surface area (Å²) >= 11 is 0. The largest absolute Gasteiger partial charge is 0.695 e. The van der Waals surface area contributed by atoms with Crippen molar-refractivity contribution in [1.29, 1.82) is 0 Å². The van der Waals surface area contributed by atoms with Gasteiger partial charge in [-0.05, 0) is 6.42 Å². The van der Waals surface area contributed by atoms with Crippen LogP contribution in [0.2, 0.25) is 0 Å². The van der Waals surface area contributed by atoms with E-state index < -0.39 is 50.7 Å². The molecular weight excluding hydrogens is 463 g/mol. The number of hydrogen-bond acceptors (Lipinski definition) is 7. The number of rotatable bonds is 18. The van der Waals surface area contributed by atoms with Crippen molar-refractivity contribution in [3.63, 3.8) is 0 Å². The molecule has 11 heteroatoms. The zero-order valence-electron chi connectivity index (χ0n) is 20.1. The molecule has 1 aliphatic rings. The van der Waals surface area contributed by atoms with Gasteiger partial charge in [0.2, 0.25) is 0 Å². The van der Waals surface area contributed by atoms with Crippen LogP contribution in [0.4, 0.5) is 0 Å². The third-order valence-corrected chi connectivity index (χ3v) is 6.53. The van der Waals surface area contributed by atoms with Gasteiger partial charge in [0.15, 0.2) is 12.3 Å². The van der Waals surface area contributed by atoms with Crippen LogP contribution < -0.4 is 11.2 Å². The molecule has 1 fully saturated rings. The first-order chi connectivity index (χ1) is 16.5. The Morgan fingerprint density at radius 3 is 2.12 bits per heavy atom. The standard InChI is InChI=1S/C23H39N2O8P/c1-2-3-4-5-6-7-8-9-10-11-12-13-16-31-21-20(33-34(29)30)18(17-26)32-22(21)25-15-14-19(27)24-23(25)28/h14-15,18,20-22,26H,2-13,16-17H2,1H3,(H-,24,27,28,29,30)/p+1/t18-,20?,21?,22-/m1/s1. The van der Waals surface area contributed by atoms with Gasteiger partial charge in [0.05, 0.1) is 6.61 Å². The fourth-order valence-electron chi connectivity index (χ4n) is 4.28. The SMILES string of the molecule is CCCCCCCCCCCCCCOC1C(O[P+](=O)O)[C@@H](CO)O[C@H]1n1ccc(=O)[nH]c1=O. The van der Waals surface area contributed by atoms with Gasteiger partial charge in [0, 0.05) is 23.4 Å². The zero-order chi connectivity index (χ0) is 24.8. The minimum Gasteiger partial charge on any atom is -0.394 e. The van der Waals surface area contributed by atoms with E-state index in [0.717, 1.165) is 23.8 Å². The van der Waals surface area contributed by atoms with Gasteiger partial charge in [-0.3, -0.25) is 14.3 Å². The van der Waals surface area contributed by atoms with Crippen LogP contribution in [0.15, 0.2) is 21.9 Å². The van der Waals surface area contributed by atoms with Gasteiger partial charge in [-0.1, -0.05) is 77.6 Å². The molecule has 3 unspecified atom stereocenters. The minimum absolute atomic E-state index is 0.347. The van der Waals surface area contributed by atoms with Crippen molar-refractivity contribution < 1.29 is 28.6 Å². The lowest BCUT2D eigenvalue weighted by Gasteiger charge is -2.22. The molecule has 34 heavy (non-hydrogen) atoms. The molecule has 194 valence electrons. The van der Waals surface area contributed by atoms with Crippen molar-refractivity contribution in [3.8, 4) is 0 Å². The fraction of sp³-hybridized carbons (Fsp3) is 0.826. The summed E-state index contributed by atoms with van der Waals surface area (Å²) < 4.78 is 29.2. The molecule has 0 amide bonds. The summed E-state index contributed by atoms with van der Waals surface area (Å²) in [6.07, 6.45) is 11.8. The predicted octanol–water partition coefficient (Wildman–Crippen LogP) is 3.55. The number of aliphatic hydroxyl groups is 1. The molecule has 1 aliphatic heterocycles. The summed E-state index contributed by atoms with van der Waals surface area (Å²) in [6, 6.07) is 1.17. The molecule has 0 aromatic carbocycles. The Morgan fingerprint density at radius 1 is 1.00 bits per heavy atom. The van der Waals surface area contributed by atoms with Crippen LogP contribution in [-0.4, -0.2) is 51.1 Å². The Hall–Kier alpha value is -1.42. The molecule has 1 aromatic heterocycles. The Morgan fingerprint density at radius 2 is 1.59 bits per heavy atom. The highest BCUT2D eigenvalue weighted by Gasteiger charge is 2.51. The molecule has 0 spiro atoms. The van der Waals surface area contributed by atoms with E-state index in [9.17, 15) is 24.2 Å². The Bertz CT molecular complexity index is 830. The van der Waals surface area contributed by atoms with Crippen LogP contribution in [0.1, 0.15) is 90.2 Å². The molecule has 1 aromatic rings. The number of hydrogen-bond donors (Lipinski definition) is 3. The predicted molar refractivity (Wildman–Crippen MR) is 128 cm³/mol. The minimum atomic E-state index is -2.97. The number of aliphatic hydroxyl groups excluding tert-OH is 1. The summed E-state index contributed by atoms with van der Waals surface area (Å²) in [7, 11) is -2.97. The second-order valence-electron chi connectivity index (χ2n) is 8.80. The quantitative estimate of drug-likeness (QED) is 0.204. The fourth-order valence-corrected chi connectivity index (χ4v) is 4.74. The monoisotopic (exact) mass is 503 g/mol. The molecule has 2 rings (SSSR count). The van der Waals surface area contributed by atoms with Crippen molar-refractivity contribution in [2.24, 2.45) is 0 Å². The Labute approximate surface area is 201 Å². The van der Waals surface area contributed by atoms with Crippen LogP contribution in [0.3, 0.4) is 0 Å². The number of ether oxygens (including phenoxy) is 2. The van der Waals surface area contributed by atoms with Gasteiger partial charge in [0.25, 0.3) is 5.56 Å². The number of aromatic amines is 1. The summed E-state index contributed by atoms with van der Waals surface area (Å²) in [5, 5.41) is 9.65. The molecule has 1 saturated heterocycles. The van der Waals surface area contributed by atoms with Gasteiger partial charge in [-0.25, -0.2) is 4.79 Å². The number of aromatic nitrogens is 2. The lowest BCUT2D eigenvalue weighted by molar-refractivity contribution is -0.0744. The first-order valence-corrected chi connectivity index (χ1v) is 13.6. The van der Waals surface area contributed by atoms with Crippen LogP contribution in [0.25, 0.3) is 0 Å². The molecule has 0 bridgehead atoms. The van der Waals surface area contributed by atoms with E-state index in [1.807, 2.05) is 0 Å². The van der Waals surface area contributed by atoms with Gasteiger partial charge in [0.1, 0.15) is 12.2 Å². The van der Waals surface area contributed by atoms with Gasteiger partial charge in [-0.15, -0.1) is 9.42 Å². The number of nitrogens with one attached hydrogen (secondary N) is 1. The topological polar surface area (TPSA) is 140 Å². The molecule has 0 aliphatic carbocycles. The maximum atomic E-state index is 12.2. The molecule has 0 saturated carbocycles. The van der Waals surface area contributed by atoms with E-state index >= 15 is 0 Å². The summed E-state index contributed by atoms with van der Waals surface area (Å²) in [5.41, 5.74) is -1.26. The van der Waals surface area contributed by atoms with E-state index in [1.165, 1.54) is 70.1 Å². The highest BCUT2D eigenvalue weighted by molar-refractivity contribution is 7.32. The molecule has 0 radical (unpaired) electrons. The number of unbranched alkanes of at least 4 members (excludes halogenated alkanes) is 11. The van der Waals surface area contributed by atoms with E-state index in [0.29, 0.717) is 6.61 Å². The lowest BCUT2D eigenvalue weighted by atomic mass is 10.1. The highest BCUT2D eigenvalue weighted by Crippen LogP contribution is 2.37. The van der Waals surface area contributed by atoms with Crippen molar-refractivity contribution in [2.75, 3.05) is 13.2 Å². The van der Waals surface area contributed by atoms with Crippen LogP contribution in [-0.2, 0) is 18.6 Å². The Kier molecular flexibility index (Phi) is 13.8. The van der Waals surface area contributed by atoms with Crippen LogP contribution >= 0.6 is 8.25 Å². The van der Waals surface area contributed by atoms with E-state index in [-0.39, 0.29) is 0 Å². The number of H-pyrrole nitrogens is 1. The third-order valence-electron chi connectivity index (χ3n) is 6.11. The second kappa shape index (κ2) is 16.3. The third kappa shape index (κ3) is 9.68. The molecule has 2 heterocycles. The summed E-state index contributed by atoms with van der Waals surface area (Å²) in [6.45, 7) is 2.09. The normalized spacial score (nSPS) is 22.9. The zero-order valence-corrected chi connectivity index (χ0v) is 21.0. The van der Waals surface area contributed by atoms with Crippen molar-refractivity contribution >= 4 is 8.25 Å². The maximum absolute atomic E-state index is 12.2. The smallest absolute Gasteiger partial charge is 0.394 e. The van der Waals surface area contributed by atoms with Gasteiger partial charge >= 0.3 is 13.9 Å². The molecular formula is C23H40N2O8P+. The van der Waals surface area contributed by atoms with Gasteiger partial charge < -0.3 is 14.6 Å². The molecule has 5 atom stereocenters. The van der Waals surface area contributed by atoms with E-state index in [2.05, 4.69) is 11.9 Å². The van der Waals surface area contributed by atoms with E-state index in [1.54, 1.807) is 0 Å². The first kappa shape index (κ1) is 28.8. The van der Waals surface area contributed by atoms with Crippen molar-refractivity contribution in [2.45, 2.75) is 109 Å². The van der Waals surface area contributed by atoms with Crippen molar-refractivity contribution in [1.82, 2.24) is 9.55 Å². The maximum Gasteiger partial charge on any atom is 0.695 e. The average Bonchev–Trinajstić information content (AvgIpc) is 3.13. The average molecular weight is 504 g/mol. The second-order valence-corrected chi connectivity index (χ2v) is 9.48. The van der Waals surface area contributed by atoms with Gasteiger partial charge in [-0.2, -0.15) is 0 Å². The molecule has 10 nitrogen and oxygen atoms in total. The van der Waals surface area contributed by atoms with Crippen LogP contribution in [0, 0.1) is 0 Å². The summed E-state index contributed by atoms with van der Waals surface area (Å²) in [5.74, 6) is 0. The lowest BCUT2D eigenvalue weighted by Crippen LogP contribution is -2.40. The Balaban J connectivity index is 1.79. The number of nitrogens with zero attached hydrogens (tertiary/aromatic N) is 1. The summed E-state index contributed by atoms with van der Waals surface area (Å²) in [4.78, 5) is 35.0. The molecule has 3 N–H and O–H groups in total. The first-order valence-electron chi connectivity index (χ1n) is 12.5. The van der Waals surface area contributed by atoms with E-state index in [4.69, 9.17) is 14.0 Å². The van der Waals surface area contributed by atoms with Crippen LogP contribution in [0.5, 0.6) is 0 Å².